The summed E-state index contributed by atoms with van der Waals surface area (Å²) in [4.78, 5) is 20.4. The summed E-state index contributed by atoms with van der Waals surface area (Å²) in [6, 6.07) is 15.4. The van der Waals surface area contributed by atoms with E-state index < -0.39 is 0 Å². The molecule has 30 heavy (non-hydrogen) atoms. The maximum atomic E-state index is 13.2. The van der Waals surface area contributed by atoms with Crippen molar-refractivity contribution in [1.29, 1.82) is 0 Å². The van der Waals surface area contributed by atoms with Crippen molar-refractivity contribution in [3.8, 4) is 0 Å². The van der Waals surface area contributed by atoms with Gasteiger partial charge in [0.1, 0.15) is 0 Å². The number of aryl methyl sites for hydroxylation is 2. The Kier molecular flexibility index (Phi) is 6.43. The van der Waals surface area contributed by atoms with Crippen molar-refractivity contribution in [2.45, 2.75) is 62.7 Å². The van der Waals surface area contributed by atoms with E-state index in [1.807, 2.05) is 11.8 Å². The fraction of sp³-hybridized carbons (Fsp3) is 0.500. The van der Waals surface area contributed by atoms with E-state index in [4.69, 9.17) is 0 Å². The standard InChI is InChI=1S/C26H34N2OS/c1-20-11-12-23(21(2)19-20)30-24-10-6-5-9-22(24)27-15-17-28(18-16-27)25(29)26(3)13-7-4-8-14-26/h5-6,9-12,19H,4,7-8,13-18H2,1-3H3. The number of hydrogen-bond donors (Lipinski definition) is 0. The van der Waals surface area contributed by atoms with Gasteiger partial charge in [0, 0.05) is 41.4 Å². The number of piperazine rings is 1. The lowest BCUT2D eigenvalue weighted by Crippen LogP contribution is -2.53. The van der Waals surface area contributed by atoms with Gasteiger partial charge in [-0.1, -0.05) is 67.8 Å². The molecule has 0 aromatic heterocycles. The summed E-state index contributed by atoms with van der Waals surface area (Å²) in [5, 5.41) is 0. The van der Waals surface area contributed by atoms with Crippen LogP contribution < -0.4 is 4.90 Å². The number of benzene rings is 2. The van der Waals surface area contributed by atoms with Crippen molar-refractivity contribution in [3.05, 3.63) is 53.6 Å². The van der Waals surface area contributed by atoms with Crippen LogP contribution in [0.5, 0.6) is 0 Å². The van der Waals surface area contributed by atoms with Gasteiger partial charge in [-0.15, -0.1) is 0 Å². The smallest absolute Gasteiger partial charge is 0.228 e. The summed E-state index contributed by atoms with van der Waals surface area (Å²) in [6.07, 6.45) is 5.80. The lowest BCUT2D eigenvalue weighted by Gasteiger charge is -2.42. The van der Waals surface area contributed by atoms with Crippen LogP contribution in [0.4, 0.5) is 5.69 Å². The van der Waals surface area contributed by atoms with Gasteiger partial charge in [-0.05, 0) is 50.5 Å². The highest BCUT2D eigenvalue weighted by atomic mass is 32.2. The normalized spacial score (nSPS) is 19.0. The zero-order valence-electron chi connectivity index (χ0n) is 18.6. The second kappa shape index (κ2) is 9.05. The van der Waals surface area contributed by atoms with Crippen molar-refractivity contribution in [2.24, 2.45) is 5.41 Å². The molecule has 2 aromatic rings. The van der Waals surface area contributed by atoms with E-state index in [0.717, 1.165) is 39.0 Å². The molecule has 1 aliphatic carbocycles. The SMILES string of the molecule is Cc1ccc(Sc2ccccc2N2CCN(C(=O)C3(C)CCCCC3)CC2)c(C)c1. The van der Waals surface area contributed by atoms with Crippen LogP contribution in [0, 0.1) is 19.3 Å². The number of carbonyl (C=O) groups is 1. The molecule has 2 fully saturated rings. The van der Waals surface area contributed by atoms with E-state index in [0.29, 0.717) is 5.91 Å². The molecule has 0 N–H and O–H groups in total. The highest BCUT2D eigenvalue weighted by Crippen LogP contribution is 2.39. The molecule has 3 nitrogen and oxygen atoms in total. The van der Waals surface area contributed by atoms with Crippen LogP contribution in [0.3, 0.4) is 0 Å². The molecule has 2 aliphatic rings. The minimum atomic E-state index is -0.128. The molecule has 0 unspecified atom stereocenters. The molecule has 0 spiro atoms. The molecule has 0 bridgehead atoms. The Bertz CT molecular complexity index is 896. The second-order valence-corrected chi connectivity index (χ2v) is 10.3. The average molecular weight is 423 g/mol. The molecule has 1 amide bonds. The zero-order valence-corrected chi connectivity index (χ0v) is 19.4. The van der Waals surface area contributed by atoms with Crippen molar-refractivity contribution in [3.63, 3.8) is 0 Å². The monoisotopic (exact) mass is 422 g/mol. The number of nitrogens with zero attached hydrogens (tertiary/aromatic N) is 2. The number of anilines is 1. The van der Waals surface area contributed by atoms with Crippen LogP contribution in [-0.2, 0) is 4.79 Å². The van der Waals surface area contributed by atoms with E-state index in [2.05, 4.69) is 73.0 Å². The third kappa shape index (κ3) is 4.54. The maximum absolute atomic E-state index is 13.2. The predicted octanol–water partition coefficient (Wildman–Crippen LogP) is 6.07. The molecule has 160 valence electrons. The molecular weight excluding hydrogens is 388 g/mol. The van der Waals surface area contributed by atoms with E-state index >= 15 is 0 Å². The minimum Gasteiger partial charge on any atom is -0.367 e. The van der Waals surface area contributed by atoms with Crippen molar-refractivity contribution < 1.29 is 4.79 Å². The molecule has 1 saturated carbocycles. The molecular formula is C26H34N2OS. The predicted molar refractivity (Wildman–Crippen MR) is 126 cm³/mol. The summed E-state index contributed by atoms with van der Waals surface area (Å²) < 4.78 is 0. The summed E-state index contributed by atoms with van der Waals surface area (Å²) in [5.41, 5.74) is 3.79. The third-order valence-corrected chi connectivity index (χ3v) is 8.04. The third-order valence-electron chi connectivity index (χ3n) is 6.80. The zero-order chi connectivity index (χ0) is 21.1. The average Bonchev–Trinajstić information content (AvgIpc) is 2.76. The van der Waals surface area contributed by atoms with Crippen LogP contribution in [0.15, 0.2) is 52.3 Å². The Hall–Kier alpha value is -1.94. The molecule has 1 heterocycles. The second-order valence-electron chi connectivity index (χ2n) is 9.24. The summed E-state index contributed by atoms with van der Waals surface area (Å²) in [5.74, 6) is 0.389. The van der Waals surface area contributed by atoms with Gasteiger partial charge in [0.05, 0.1) is 5.69 Å². The van der Waals surface area contributed by atoms with Crippen molar-refractivity contribution >= 4 is 23.4 Å². The molecule has 1 aliphatic heterocycles. The highest BCUT2D eigenvalue weighted by Gasteiger charge is 2.38. The Morgan fingerprint density at radius 2 is 1.60 bits per heavy atom. The Balaban J connectivity index is 1.44. The van der Waals surface area contributed by atoms with Crippen LogP contribution in [0.1, 0.15) is 50.2 Å². The number of para-hydroxylation sites is 1. The lowest BCUT2D eigenvalue weighted by molar-refractivity contribution is -0.143. The fourth-order valence-corrected chi connectivity index (χ4v) is 5.96. The van der Waals surface area contributed by atoms with Crippen LogP contribution in [0.25, 0.3) is 0 Å². The largest absolute Gasteiger partial charge is 0.367 e. The molecule has 0 radical (unpaired) electrons. The topological polar surface area (TPSA) is 23.6 Å². The van der Waals surface area contributed by atoms with Gasteiger partial charge in [-0.2, -0.15) is 0 Å². The van der Waals surface area contributed by atoms with E-state index in [9.17, 15) is 4.79 Å². The Morgan fingerprint density at radius 3 is 2.30 bits per heavy atom. The molecule has 4 rings (SSSR count). The number of hydrogen-bond acceptors (Lipinski definition) is 3. The summed E-state index contributed by atoms with van der Waals surface area (Å²) in [7, 11) is 0. The van der Waals surface area contributed by atoms with Crippen molar-refractivity contribution in [2.75, 3.05) is 31.1 Å². The summed E-state index contributed by atoms with van der Waals surface area (Å²) >= 11 is 1.85. The molecule has 0 atom stereocenters. The lowest BCUT2D eigenvalue weighted by atomic mass is 9.74. The molecule has 4 heteroatoms. The van der Waals surface area contributed by atoms with Crippen LogP contribution in [0.2, 0.25) is 0 Å². The van der Waals surface area contributed by atoms with Gasteiger partial charge in [0.15, 0.2) is 0 Å². The molecule has 1 saturated heterocycles. The maximum Gasteiger partial charge on any atom is 0.228 e. The first kappa shape index (κ1) is 21.3. The number of amides is 1. The summed E-state index contributed by atoms with van der Waals surface area (Å²) in [6.45, 7) is 10.0. The quantitative estimate of drug-likeness (QED) is 0.597. The first-order chi connectivity index (χ1) is 14.5. The van der Waals surface area contributed by atoms with Gasteiger partial charge < -0.3 is 9.80 Å². The highest BCUT2D eigenvalue weighted by molar-refractivity contribution is 7.99. The van der Waals surface area contributed by atoms with Gasteiger partial charge in [-0.25, -0.2) is 0 Å². The fourth-order valence-electron chi connectivity index (χ4n) is 4.92. The number of carbonyl (C=O) groups excluding carboxylic acids is 1. The first-order valence-electron chi connectivity index (χ1n) is 11.3. The van der Waals surface area contributed by atoms with Gasteiger partial charge in [-0.3, -0.25) is 4.79 Å². The van der Waals surface area contributed by atoms with Crippen LogP contribution >= 0.6 is 11.8 Å². The van der Waals surface area contributed by atoms with Gasteiger partial charge in [0.2, 0.25) is 5.91 Å². The molecule has 2 aromatic carbocycles. The van der Waals surface area contributed by atoms with E-state index in [1.54, 1.807) is 0 Å². The first-order valence-corrected chi connectivity index (χ1v) is 12.2. The minimum absolute atomic E-state index is 0.128. The van der Waals surface area contributed by atoms with Crippen molar-refractivity contribution in [1.82, 2.24) is 4.90 Å². The van der Waals surface area contributed by atoms with Gasteiger partial charge in [0.25, 0.3) is 0 Å². The van der Waals surface area contributed by atoms with E-state index in [1.165, 1.54) is 45.9 Å². The number of rotatable bonds is 4. The Morgan fingerprint density at radius 1 is 0.900 bits per heavy atom. The Labute approximate surface area is 185 Å². The van der Waals surface area contributed by atoms with Crippen LogP contribution in [-0.4, -0.2) is 37.0 Å². The van der Waals surface area contributed by atoms with Gasteiger partial charge >= 0.3 is 0 Å². The van der Waals surface area contributed by atoms with E-state index in [-0.39, 0.29) is 5.41 Å².